The fraction of sp³-hybridized carbons (Fsp3) is 0.818. The number of rotatable bonds is 2. The number of hydrogen-bond acceptors (Lipinski definition) is 3. The first kappa shape index (κ1) is 12.2. The summed E-state index contributed by atoms with van der Waals surface area (Å²) in [6.07, 6.45) is 1.79. The molecule has 0 spiro atoms. The Bertz CT molecular complexity index is 302. The fourth-order valence-electron chi connectivity index (χ4n) is 2.54. The Morgan fingerprint density at radius 1 is 1.24 bits per heavy atom. The first-order chi connectivity index (χ1) is 8.18. The maximum absolute atomic E-state index is 12.2. The zero-order valence-corrected chi connectivity index (χ0v) is 9.89. The predicted molar refractivity (Wildman–Crippen MR) is 61.8 cm³/mol. The standard InChI is InChI=1S/C11H19N3O3/c15-10(16)8-9-2-1-5-14(9)11(17)13-6-3-12-4-7-13/h9,12H,1-8H2,(H,15,16). The van der Waals surface area contributed by atoms with Crippen molar-refractivity contribution in [3.8, 4) is 0 Å². The van der Waals surface area contributed by atoms with Gasteiger partial charge in [0.2, 0.25) is 0 Å². The van der Waals surface area contributed by atoms with Gasteiger partial charge in [-0.3, -0.25) is 4.79 Å². The molecule has 0 aromatic carbocycles. The average Bonchev–Trinajstić information content (AvgIpc) is 2.76. The molecule has 2 aliphatic rings. The summed E-state index contributed by atoms with van der Waals surface area (Å²) in [5.74, 6) is -0.824. The van der Waals surface area contributed by atoms with Gasteiger partial charge < -0.3 is 20.2 Å². The summed E-state index contributed by atoms with van der Waals surface area (Å²) in [4.78, 5) is 26.5. The number of piperazine rings is 1. The lowest BCUT2D eigenvalue weighted by molar-refractivity contribution is -0.138. The monoisotopic (exact) mass is 241 g/mol. The van der Waals surface area contributed by atoms with Gasteiger partial charge in [-0.15, -0.1) is 0 Å². The van der Waals surface area contributed by atoms with Crippen molar-refractivity contribution >= 4 is 12.0 Å². The number of likely N-dealkylation sites (tertiary alicyclic amines) is 1. The van der Waals surface area contributed by atoms with E-state index < -0.39 is 5.97 Å². The molecule has 2 rings (SSSR count). The van der Waals surface area contributed by atoms with E-state index in [0.29, 0.717) is 6.54 Å². The van der Waals surface area contributed by atoms with Gasteiger partial charge in [0.1, 0.15) is 0 Å². The van der Waals surface area contributed by atoms with Crippen LogP contribution in [0.5, 0.6) is 0 Å². The van der Waals surface area contributed by atoms with Crippen LogP contribution < -0.4 is 5.32 Å². The molecule has 2 fully saturated rings. The molecule has 6 nitrogen and oxygen atoms in total. The first-order valence-corrected chi connectivity index (χ1v) is 6.16. The molecule has 17 heavy (non-hydrogen) atoms. The Hall–Kier alpha value is -1.30. The van der Waals surface area contributed by atoms with Crippen LogP contribution in [0.15, 0.2) is 0 Å². The third-order valence-electron chi connectivity index (χ3n) is 3.42. The molecular formula is C11H19N3O3. The molecule has 0 aliphatic carbocycles. The van der Waals surface area contributed by atoms with Gasteiger partial charge in [0.25, 0.3) is 0 Å². The van der Waals surface area contributed by atoms with E-state index in [0.717, 1.165) is 39.0 Å². The van der Waals surface area contributed by atoms with E-state index in [9.17, 15) is 9.59 Å². The third kappa shape index (κ3) is 2.88. The van der Waals surface area contributed by atoms with E-state index in [-0.39, 0.29) is 18.5 Å². The number of nitrogens with zero attached hydrogens (tertiary/aromatic N) is 2. The van der Waals surface area contributed by atoms with Crippen molar-refractivity contribution in [2.75, 3.05) is 32.7 Å². The molecule has 1 unspecified atom stereocenters. The van der Waals surface area contributed by atoms with Crippen molar-refractivity contribution in [1.29, 1.82) is 0 Å². The molecule has 0 aromatic heterocycles. The van der Waals surface area contributed by atoms with Crippen LogP contribution in [0, 0.1) is 0 Å². The van der Waals surface area contributed by atoms with Crippen LogP contribution >= 0.6 is 0 Å². The van der Waals surface area contributed by atoms with E-state index in [2.05, 4.69) is 5.32 Å². The van der Waals surface area contributed by atoms with Crippen LogP contribution in [-0.2, 0) is 4.79 Å². The SMILES string of the molecule is O=C(O)CC1CCCN1C(=O)N1CCNCC1. The summed E-state index contributed by atoms with van der Waals surface area (Å²) in [6, 6.07) is -0.106. The summed E-state index contributed by atoms with van der Waals surface area (Å²) >= 11 is 0. The second-order valence-electron chi connectivity index (χ2n) is 4.61. The van der Waals surface area contributed by atoms with Gasteiger partial charge in [-0.1, -0.05) is 0 Å². The summed E-state index contributed by atoms with van der Waals surface area (Å²) in [5.41, 5.74) is 0. The van der Waals surface area contributed by atoms with Gasteiger partial charge in [-0.05, 0) is 12.8 Å². The lowest BCUT2D eigenvalue weighted by Gasteiger charge is -2.33. The molecule has 2 amide bonds. The Kier molecular flexibility index (Phi) is 3.83. The lowest BCUT2D eigenvalue weighted by atomic mass is 10.1. The highest BCUT2D eigenvalue weighted by Gasteiger charge is 2.33. The molecule has 2 N–H and O–H groups in total. The van der Waals surface area contributed by atoms with E-state index in [4.69, 9.17) is 5.11 Å². The largest absolute Gasteiger partial charge is 0.481 e. The van der Waals surface area contributed by atoms with E-state index in [1.807, 2.05) is 4.90 Å². The Balaban J connectivity index is 1.94. The van der Waals surface area contributed by atoms with Crippen LogP contribution in [0.1, 0.15) is 19.3 Å². The van der Waals surface area contributed by atoms with Crippen molar-refractivity contribution in [3.05, 3.63) is 0 Å². The minimum absolute atomic E-state index is 0.00949. The van der Waals surface area contributed by atoms with Crippen molar-refractivity contribution in [3.63, 3.8) is 0 Å². The lowest BCUT2D eigenvalue weighted by Crippen LogP contribution is -2.52. The van der Waals surface area contributed by atoms with Crippen molar-refractivity contribution in [2.45, 2.75) is 25.3 Å². The molecule has 0 saturated carbocycles. The van der Waals surface area contributed by atoms with E-state index in [1.54, 1.807) is 4.90 Å². The summed E-state index contributed by atoms with van der Waals surface area (Å²) < 4.78 is 0. The second-order valence-corrected chi connectivity index (χ2v) is 4.61. The molecule has 1 atom stereocenters. The number of carboxylic acid groups (broad SMARTS) is 1. The van der Waals surface area contributed by atoms with Crippen molar-refractivity contribution < 1.29 is 14.7 Å². The topological polar surface area (TPSA) is 72.9 Å². The van der Waals surface area contributed by atoms with Crippen LogP contribution in [0.25, 0.3) is 0 Å². The van der Waals surface area contributed by atoms with Gasteiger partial charge in [0.15, 0.2) is 0 Å². The fourth-order valence-corrected chi connectivity index (χ4v) is 2.54. The Morgan fingerprint density at radius 2 is 1.94 bits per heavy atom. The number of amides is 2. The molecule has 0 bridgehead atoms. The maximum atomic E-state index is 12.2. The quantitative estimate of drug-likeness (QED) is 0.711. The molecule has 2 heterocycles. The van der Waals surface area contributed by atoms with E-state index >= 15 is 0 Å². The van der Waals surface area contributed by atoms with Crippen LogP contribution in [0.2, 0.25) is 0 Å². The molecule has 0 radical (unpaired) electrons. The first-order valence-electron chi connectivity index (χ1n) is 6.16. The van der Waals surface area contributed by atoms with Crippen LogP contribution in [0.3, 0.4) is 0 Å². The third-order valence-corrected chi connectivity index (χ3v) is 3.42. The summed E-state index contributed by atoms with van der Waals surface area (Å²) in [6.45, 7) is 3.78. The minimum Gasteiger partial charge on any atom is -0.481 e. The molecule has 6 heteroatoms. The highest BCUT2D eigenvalue weighted by atomic mass is 16.4. The Morgan fingerprint density at radius 3 is 2.59 bits per heavy atom. The smallest absolute Gasteiger partial charge is 0.320 e. The van der Waals surface area contributed by atoms with Crippen molar-refractivity contribution in [1.82, 2.24) is 15.1 Å². The molecule has 96 valence electrons. The minimum atomic E-state index is -0.824. The number of carbonyl (C=O) groups is 2. The zero-order chi connectivity index (χ0) is 12.3. The average molecular weight is 241 g/mol. The normalized spacial score (nSPS) is 25.1. The van der Waals surface area contributed by atoms with Gasteiger partial charge in [-0.2, -0.15) is 0 Å². The van der Waals surface area contributed by atoms with Crippen LogP contribution in [-0.4, -0.2) is 65.7 Å². The number of nitrogens with one attached hydrogen (secondary N) is 1. The number of aliphatic carboxylic acids is 1. The number of carbonyl (C=O) groups excluding carboxylic acids is 1. The predicted octanol–water partition coefficient (Wildman–Crippen LogP) is -0.0493. The van der Waals surface area contributed by atoms with Gasteiger partial charge in [-0.25, -0.2) is 4.79 Å². The number of hydrogen-bond donors (Lipinski definition) is 2. The van der Waals surface area contributed by atoms with E-state index in [1.165, 1.54) is 0 Å². The maximum Gasteiger partial charge on any atom is 0.320 e. The second kappa shape index (κ2) is 5.35. The van der Waals surface area contributed by atoms with Gasteiger partial charge in [0, 0.05) is 38.8 Å². The van der Waals surface area contributed by atoms with Crippen molar-refractivity contribution in [2.24, 2.45) is 0 Å². The molecule has 0 aromatic rings. The Labute approximate surface area is 101 Å². The van der Waals surface area contributed by atoms with Gasteiger partial charge >= 0.3 is 12.0 Å². The van der Waals surface area contributed by atoms with Gasteiger partial charge in [0.05, 0.1) is 6.42 Å². The van der Waals surface area contributed by atoms with Crippen LogP contribution in [0.4, 0.5) is 4.79 Å². The zero-order valence-electron chi connectivity index (χ0n) is 9.89. The molecule has 2 saturated heterocycles. The molecule has 2 aliphatic heterocycles. The number of urea groups is 1. The summed E-state index contributed by atoms with van der Waals surface area (Å²) in [5, 5.41) is 12.0. The summed E-state index contributed by atoms with van der Waals surface area (Å²) in [7, 11) is 0. The number of carboxylic acids is 1. The highest BCUT2D eigenvalue weighted by molar-refractivity contribution is 5.76. The molecular weight excluding hydrogens is 222 g/mol. The highest BCUT2D eigenvalue weighted by Crippen LogP contribution is 2.21.